The van der Waals surface area contributed by atoms with Crippen LogP contribution < -0.4 is 5.32 Å². The van der Waals surface area contributed by atoms with E-state index in [2.05, 4.69) is 53.8 Å². The molecular formula is C16H17NO. The second kappa shape index (κ2) is 5.34. The van der Waals surface area contributed by atoms with Crippen molar-refractivity contribution in [2.24, 2.45) is 0 Å². The van der Waals surface area contributed by atoms with Gasteiger partial charge in [0.2, 0.25) is 0 Å². The maximum absolute atomic E-state index is 5.98. The Kier molecular flexibility index (Phi) is 3.40. The van der Waals surface area contributed by atoms with Crippen LogP contribution in [0.3, 0.4) is 0 Å². The normalized spacial score (nSPS) is 19.7. The zero-order valence-electron chi connectivity index (χ0n) is 10.3. The van der Waals surface area contributed by atoms with Gasteiger partial charge in [-0.25, -0.2) is 0 Å². The van der Waals surface area contributed by atoms with Gasteiger partial charge in [-0.1, -0.05) is 54.6 Å². The standard InChI is InChI=1S/C16H17NO/c1-2-7-14(8-3-1)16-15-9-5-4-6-13(15)10-11-17-12-18-16/h1-9,16-17H,10-12H2. The lowest BCUT2D eigenvalue weighted by atomic mass is 9.95. The third-order valence-electron chi connectivity index (χ3n) is 3.36. The lowest BCUT2D eigenvalue weighted by Crippen LogP contribution is -2.26. The Bertz CT molecular complexity index is 510. The van der Waals surface area contributed by atoms with Crippen molar-refractivity contribution in [1.82, 2.24) is 5.32 Å². The molecule has 0 saturated heterocycles. The number of fused-ring (bicyclic) bond motifs is 1. The summed E-state index contributed by atoms with van der Waals surface area (Å²) >= 11 is 0. The highest BCUT2D eigenvalue weighted by Gasteiger charge is 2.19. The summed E-state index contributed by atoms with van der Waals surface area (Å²) in [4.78, 5) is 0. The highest BCUT2D eigenvalue weighted by atomic mass is 16.5. The van der Waals surface area contributed by atoms with Crippen molar-refractivity contribution in [3.8, 4) is 0 Å². The molecule has 0 saturated carbocycles. The highest BCUT2D eigenvalue weighted by molar-refractivity contribution is 5.36. The summed E-state index contributed by atoms with van der Waals surface area (Å²) in [5.41, 5.74) is 3.89. The summed E-state index contributed by atoms with van der Waals surface area (Å²) in [5, 5.41) is 3.31. The maximum Gasteiger partial charge on any atom is 0.110 e. The summed E-state index contributed by atoms with van der Waals surface area (Å²) in [6.07, 6.45) is 1.10. The monoisotopic (exact) mass is 239 g/mol. The molecule has 0 bridgehead atoms. The molecule has 1 atom stereocenters. The first kappa shape index (κ1) is 11.5. The summed E-state index contributed by atoms with van der Waals surface area (Å²) in [7, 11) is 0. The van der Waals surface area contributed by atoms with Crippen molar-refractivity contribution in [1.29, 1.82) is 0 Å². The smallest absolute Gasteiger partial charge is 0.110 e. The van der Waals surface area contributed by atoms with E-state index in [1.807, 2.05) is 6.07 Å². The second-order valence-electron chi connectivity index (χ2n) is 4.55. The fourth-order valence-corrected chi connectivity index (χ4v) is 2.45. The van der Waals surface area contributed by atoms with Crippen LogP contribution in [-0.4, -0.2) is 13.3 Å². The largest absolute Gasteiger partial charge is 0.354 e. The van der Waals surface area contributed by atoms with E-state index in [0.717, 1.165) is 13.0 Å². The van der Waals surface area contributed by atoms with Crippen molar-refractivity contribution in [2.45, 2.75) is 12.5 Å². The van der Waals surface area contributed by atoms with Crippen molar-refractivity contribution < 1.29 is 4.74 Å². The molecule has 2 nitrogen and oxygen atoms in total. The molecule has 0 amide bonds. The summed E-state index contributed by atoms with van der Waals surface area (Å²) < 4.78 is 5.98. The van der Waals surface area contributed by atoms with Crippen molar-refractivity contribution in [3.63, 3.8) is 0 Å². The molecular weight excluding hydrogens is 222 g/mol. The Morgan fingerprint density at radius 2 is 1.72 bits per heavy atom. The van der Waals surface area contributed by atoms with Crippen LogP contribution in [0.25, 0.3) is 0 Å². The van der Waals surface area contributed by atoms with Gasteiger partial charge in [-0.3, -0.25) is 5.32 Å². The molecule has 2 heteroatoms. The first-order valence-electron chi connectivity index (χ1n) is 6.40. The van der Waals surface area contributed by atoms with Gasteiger partial charge in [0.1, 0.15) is 6.10 Å². The van der Waals surface area contributed by atoms with E-state index in [9.17, 15) is 0 Å². The van der Waals surface area contributed by atoms with Crippen LogP contribution in [0.5, 0.6) is 0 Å². The molecule has 1 heterocycles. The Hall–Kier alpha value is -1.64. The molecule has 3 rings (SSSR count). The number of rotatable bonds is 1. The molecule has 1 aliphatic heterocycles. The molecule has 1 N–H and O–H groups in total. The Morgan fingerprint density at radius 1 is 0.944 bits per heavy atom. The van der Waals surface area contributed by atoms with Crippen molar-refractivity contribution in [2.75, 3.05) is 13.3 Å². The Morgan fingerprint density at radius 3 is 2.61 bits per heavy atom. The van der Waals surface area contributed by atoms with Crippen LogP contribution in [-0.2, 0) is 11.2 Å². The van der Waals surface area contributed by atoms with Gasteiger partial charge in [-0.05, 0) is 23.1 Å². The van der Waals surface area contributed by atoms with Crippen LogP contribution in [0.15, 0.2) is 54.6 Å². The van der Waals surface area contributed by atoms with Crippen LogP contribution in [0.4, 0.5) is 0 Å². The minimum atomic E-state index is 0.0372. The van der Waals surface area contributed by atoms with Gasteiger partial charge >= 0.3 is 0 Å². The van der Waals surface area contributed by atoms with Gasteiger partial charge in [0, 0.05) is 6.54 Å². The van der Waals surface area contributed by atoms with Gasteiger partial charge < -0.3 is 4.74 Å². The van der Waals surface area contributed by atoms with Gasteiger partial charge in [-0.15, -0.1) is 0 Å². The second-order valence-corrected chi connectivity index (χ2v) is 4.55. The quantitative estimate of drug-likeness (QED) is 0.826. The SMILES string of the molecule is c1ccc(C2OCNCCc3ccccc32)cc1. The molecule has 2 aromatic carbocycles. The van der Waals surface area contributed by atoms with Crippen LogP contribution in [0.1, 0.15) is 22.8 Å². The summed E-state index contributed by atoms with van der Waals surface area (Å²) in [5.74, 6) is 0. The van der Waals surface area contributed by atoms with E-state index in [1.54, 1.807) is 0 Å². The zero-order chi connectivity index (χ0) is 12.2. The van der Waals surface area contributed by atoms with E-state index in [0.29, 0.717) is 6.73 Å². The minimum absolute atomic E-state index is 0.0372. The molecule has 1 unspecified atom stereocenters. The molecule has 0 spiro atoms. The topological polar surface area (TPSA) is 21.3 Å². The first-order valence-corrected chi connectivity index (χ1v) is 6.40. The van der Waals surface area contributed by atoms with E-state index >= 15 is 0 Å². The summed E-state index contributed by atoms with van der Waals surface area (Å²) in [6.45, 7) is 1.58. The number of benzene rings is 2. The third kappa shape index (κ3) is 2.30. The summed E-state index contributed by atoms with van der Waals surface area (Å²) in [6, 6.07) is 19.0. The minimum Gasteiger partial charge on any atom is -0.354 e. The lowest BCUT2D eigenvalue weighted by molar-refractivity contribution is 0.0620. The average molecular weight is 239 g/mol. The highest BCUT2D eigenvalue weighted by Crippen LogP contribution is 2.29. The fourth-order valence-electron chi connectivity index (χ4n) is 2.45. The van der Waals surface area contributed by atoms with E-state index in [4.69, 9.17) is 4.74 Å². The number of ether oxygens (including phenoxy) is 1. The Labute approximate surface area is 108 Å². The third-order valence-corrected chi connectivity index (χ3v) is 3.36. The van der Waals surface area contributed by atoms with Crippen molar-refractivity contribution >= 4 is 0 Å². The first-order chi connectivity index (χ1) is 8.95. The fraction of sp³-hybridized carbons (Fsp3) is 0.250. The maximum atomic E-state index is 5.98. The van der Waals surface area contributed by atoms with Gasteiger partial charge in [0.25, 0.3) is 0 Å². The van der Waals surface area contributed by atoms with Crippen LogP contribution in [0.2, 0.25) is 0 Å². The Balaban J connectivity index is 2.04. The van der Waals surface area contributed by atoms with Crippen LogP contribution >= 0.6 is 0 Å². The molecule has 0 aliphatic carbocycles. The van der Waals surface area contributed by atoms with Crippen LogP contribution in [0, 0.1) is 0 Å². The zero-order valence-corrected chi connectivity index (χ0v) is 10.3. The predicted molar refractivity (Wildman–Crippen MR) is 72.4 cm³/mol. The van der Waals surface area contributed by atoms with Gasteiger partial charge in [0.05, 0.1) is 6.73 Å². The van der Waals surface area contributed by atoms with E-state index in [-0.39, 0.29) is 6.10 Å². The predicted octanol–water partition coefficient (Wildman–Crippen LogP) is 2.90. The molecule has 2 aromatic rings. The molecule has 1 aliphatic rings. The number of hydrogen-bond donors (Lipinski definition) is 1. The number of hydrogen-bond acceptors (Lipinski definition) is 2. The molecule has 0 aromatic heterocycles. The van der Waals surface area contributed by atoms with Crippen molar-refractivity contribution in [3.05, 3.63) is 71.3 Å². The van der Waals surface area contributed by atoms with Gasteiger partial charge in [0.15, 0.2) is 0 Å². The van der Waals surface area contributed by atoms with E-state index in [1.165, 1.54) is 16.7 Å². The molecule has 0 radical (unpaired) electrons. The molecule has 92 valence electrons. The lowest BCUT2D eigenvalue weighted by Gasteiger charge is -2.24. The van der Waals surface area contributed by atoms with E-state index < -0.39 is 0 Å². The van der Waals surface area contributed by atoms with Gasteiger partial charge in [-0.2, -0.15) is 0 Å². The average Bonchev–Trinajstić information content (AvgIpc) is 2.41. The molecule has 18 heavy (non-hydrogen) atoms. The number of nitrogens with one attached hydrogen (secondary N) is 1. The molecule has 0 fully saturated rings.